The SMILES string of the molecule is Cc1ccc(C2CCNCC2c2ccccc2Br)cc1C. The second kappa shape index (κ2) is 6.33. The van der Waals surface area contributed by atoms with Gasteiger partial charge in [-0.1, -0.05) is 52.3 Å². The standard InChI is InChI=1S/C19H22BrN/c1-13-7-8-15(11-14(13)2)16-9-10-21-12-18(16)17-5-3-4-6-19(17)20/h3-8,11,16,18,21H,9-10,12H2,1-2H3. The van der Waals surface area contributed by atoms with Crippen molar-refractivity contribution in [2.24, 2.45) is 0 Å². The molecular weight excluding hydrogens is 322 g/mol. The topological polar surface area (TPSA) is 12.0 Å². The molecule has 0 aliphatic carbocycles. The Hall–Kier alpha value is -1.12. The lowest BCUT2D eigenvalue weighted by Gasteiger charge is -2.34. The zero-order chi connectivity index (χ0) is 14.8. The zero-order valence-electron chi connectivity index (χ0n) is 12.7. The maximum Gasteiger partial charge on any atom is 0.0210 e. The van der Waals surface area contributed by atoms with Crippen LogP contribution in [0.2, 0.25) is 0 Å². The molecule has 1 N–H and O–H groups in total. The highest BCUT2D eigenvalue weighted by molar-refractivity contribution is 9.10. The molecule has 0 radical (unpaired) electrons. The van der Waals surface area contributed by atoms with Crippen molar-refractivity contribution < 1.29 is 0 Å². The molecule has 2 aromatic carbocycles. The van der Waals surface area contributed by atoms with Gasteiger partial charge in [0.25, 0.3) is 0 Å². The number of hydrogen-bond acceptors (Lipinski definition) is 1. The van der Waals surface area contributed by atoms with Gasteiger partial charge in [0.2, 0.25) is 0 Å². The molecule has 2 atom stereocenters. The summed E-state index contributed by atoms with van der Waals surface area (Å²) in [5, 5.41) is 3.57. The molecule has 0 amide bonds. The summed E-state index contributed by atoms with van der Waals surface area (Å²) in [5.41, 5.74) is 5.69. The van der Waals surface area contributed by atoms with E-state index in [1.54, 1.807) is 0 Å². The van der Waals surface area contributed by atoms with Gasteiger partial charge in [-0.05, 0) is 61.1 Å². The molecule has 2 unspecified atom stereocenters. The molecule has 0 saturated carbocycles. The molecule has 1 aliphatic rings. The number of rotatable bonds is 2. The summed E-state index contributed by atoms with van der Waals surface area (Å²) >= 11 is 3.73. The second-order valence-electron chi connectivity index (χ2n) is 6.07. The van der Waals surface area contributed by atoms with Gasteiger partial charge >= 0.3 is 0 Å². The summed E-state index contributed by atoms with van der Waals surface area (Å²) in [6, 6.07) is 15.6. The number of aryl methyl sites for hydroxylation is 2. The highest BCUT2D eigenvalue weighted by Crippen LogP contribution is 2.40. The van der Waals surface area contributed by atoms with Crippen LogP contribution in [0.4, 0.5) is 0 Å². The normalized spacial score (nSPS) is 22.2. The van der Waals surface area contributed by atoms with Crippen LogP contribution in [0.3, 0.4) is 0 Å². The molecule has 2 aromatic rings. The number of piperidine rings is 1. The Morgan fingerprint density at radius 3 is 2.57 bits per heavy atom. The van der Waals surface area contributed by atoms with Crippen LogP contribution in [0, 0.1) is 13.8 Å². The molecular formula is C19H22BrN. The third kappa shape index (κ3) is 3.07. The molecule has 2 heteroatoms. The largest absolute Gasteiger partial charge is 0.316 e. The van der Waals surface area contributed by atoms with E-state index in [4.69, 9.17) is 0 Å². The van der Waals surface area contributed by atoms with Crippen LogP contribution in [-0.2, 0) is 0 Å². The van der Waals surface area contributed by atoms with Gasteiger partial charge in [-0.15, -0.1) is 0 Å². The Balaban J connectivity index is 1.98. The monoisotopic (exact) mass is 343 g/mol. The van der Waals surface area contributed by atoms with Crippen molar-refractivity contribution in [1.82, 2.24) is 5.32 Å². The van der Waals surface area contributed by atoms with Gasteiger partial charge in [-0.3, -0.25) is 0 Å². The van der Waals surface area contributed by atoms with Crippen LogP contribution in [-0.4, -0.2) is 13.1 Å². The van der Waals surface area contributed by atoms with Gasteiger partial charge in [0.05, 0.1) is 0 Å². The van der Waals surface area contributed by atoms with E-state index in [-0.39, 0.29) is 0 Å². The van der Waals surface area contributed by atoms with E-state index in [9.17, 15) is 0 Å². The predicted molar refractivity (Wildman–Crippen MR) is 93.0 cm³/mol. The molecule has 21 heavy (non-hydrogen) atoms. The fourth-order valence-corrected chi connectivity index (χ4v) is 3.93. The third-order valence-corrected chi connectivity index (χ3v) is 5.47. The van der Waals surface area contributed by atoms with Crippen LogP contribution in [0.1, 0.15) is 40.5 Å². The summed E-state index contributed by atoms with van der Waals surface area (Å²) in [4.78, 5) is 0. The summed E-state index contributed by atoms with van der Waals surface area (Å²) in [6.45, 7) is 6.57. The third-order valence-electron chi connectivity index (χ3n) is 4.75. The van der Waals surface area contributed by atoms with E-state index < -0.39 is 0 Å². The molecule has 0 aromatic heterocycles. The maximum atomic E-state index is 3.73. The molecule has 0 spiro atoms. The van der Waals surface area contributed by atoms with E-state index in [1.165, 1.54) is 33.1 Å². The molecule has 0 bridgehead atoms. The minimum absolute atomic E-state index is 0.538. The van der Waals surface area contributed by atoms with Crippen molar-refractivity contribution in [3.63, 3.8) is 0 Å². The Kier molecular flexibility index (Phi) is 4.46. The van der Waals surface area contributed by atoms with Gasteiger partial charge in [0.15, 0.2) is 0 Å². The van der Waals surface area contributed by atoms with Gasteiger partial charge in [0, 0.05) is 16.9 Å². The van der Waals surface area contributed by atoms with Gasteiger partial charge in [-0.25, -0.2) is 0 Å². The van der Waals surface area contributed by atoms with E-state index in [2.05, 4.69) is 77.6 Å². The first-order chi connectivity index (χ1) is 10.2. The second-order valence-corrected chi connectivity index (χ2v) is 6.93. The van der Waals surface area contributed by atoms with Crippen molar-refractivity contribution >= 4 is 15.9 Å². The Labute approximate surface area is 135 Å². The van der Waals surface area contributed by atoms with Crippen molar-refractivity contribution in [1.29, 1.82) is 0 Å². The molecule has 1 aliphatic heterocycles. The molecule has 110 valence electrons. The predicted octanol–water partition coefficient (Wildman–Crippen LogP) is 4.93. The average molecular weight is 344 g/mol. The number of hydrogen-bond donors (Lipinski definition) is 1. The molecule has 1 heterocycles. The quantitative estimate of drug-likeness (QED) is 0.815. The lowest BCUT2D eigenvalue weighted by molar-refractivity contribution is 0.403. The highest BCUT2D eigenvalue weighted by Gasteiger charge is 2.28. The minimum Gasteiger partial charge on any atom is -0.316 e. The fraction of sp³-hybridized carbons (Fsp3) is 0.368. The van der Waals surface area contributed by atoms with Crippen LogP contribution in [0.5, 0.6) is 0 Å². The van der Waals surface area contributed by atoms with Gasteiger partial charge in [0.1, 0.15) is 0 Å². The number of benzene rings is 2. The first kappa shape index (κ1) is 14.8. The Morgan fingerprint density at radius 1 is 1.00 bits per heavy atom. The molecule has 1 fully saturated rings. The molecule has 1 nitrogen and oxygen atoms in total. The number of nitrogens with one attached hydrogen (secondary N) is 1. The molecule has 1 saturated heterocycles. The smallest absolute Gasteiger partial charge is 0.0210 e. The highest BCUT2D eigenvalue weighted by atomic mass is 79.9. The van der Waals surface area contributed by atoms with Crippen molar-refractivity contribution in [2.45, 2.75) is 32.1 Å². The van der Waals surface area contributed by atoms with Crippen molar-refractivity contribution in [3.8, 4) is 0 Å². The maximum absolute atomic E-state index is 3.73. The first-order valence-corrected chi connectivity index (χ1v) is 8.48. The number of halogens is 1. The van der Waals surface area contributed by atoms with Gasteiger partial charge in [-0.2, -0.15) is 0 Å². The fourth-order valence-electron chi connectivity index (χ4n) is 3.36. The molecule has 3 rings (SSSR count). The van der Waals surface area contributed by atoms with Crippen LogP contribution < -0.4 is 5.32 Å². The van der Waals surface area contributed by atoms with Crippen LogP contribution >= 0.6 is 15.9 Å². The minimum atomic E-state index is 0.538. The average Bonchev–Trinajstić information content (AvgIpc) is 2.51. The first-order valence-electron chi connectivity index (χ1n) is 7.69. The van der Waals surface area contributed by atoms with E-state index in [1.807, 2.05) is 0 Å². The summed E-state index contributed by atoms with van der Waals surface area (Å²) < 4.78 is 1.23. The summed E-state index contributed by atoms with van der Waals surface area (Å²) in [6.07, 6.45) is 1.20. The Morgan fingerprint density at radius 2 is 1.81 bits per heavy atom. The van der Waals surface area contributed by atoms with Crippen molar-refractivity contribution in [2.75, 3.05) is 13.1 Å². The summed E-state index contributed by atoms with van der Waals surface area (Å²) in [5.74, 6) is 1.14. The Bertz CT molecular complexity index is 635. The lowest BCUT2D eigenvalue weighted by Crippen LogP contribution is -2.34. The van der Waals surface area contributed by atoms with Gasteiger partial charge < -0.3 is 5.32 Å². The van der Waals surface area contributed by atoms with E-state index >= 15 is 0 Å². The van der Waals surface area contributed by atoms with E-state index in [0.717, 1.165) is 13.1 Å². The van der Waals surface area contributed by atoms with Crippen LogP contribution in [0.25, 0.3) is 0 Å². The summed E-state index contributed by atoms with van der Waals surface area (Å²) in [7, 11) is 0. The zero-order valence-corrected chi connectivity index (χ0v) is 14.3. The lowest BCUT2D eigenvalue weighted by atomic mass is 9.77. The van der Waals surface area contributed by atoms with Crippen molar-refractivity contribution in [3.05, 3.63) is 69.2 Å². The van der Waals surface area contributed by atoms with Crippen LogP contribution in [0.15, 0.2) is 46.9 Å². The van der Waals surface area contributed by atoms with E-state index in [0.29, 0.717) is 11.8 Å².